The Kier molecular flexibility index (Phi) is 4.63. The maximum absolute atomic E-state index is 12.3. The van der Waals surface area contributed by atoms with Crippen LogP contribution in [-0.4, -0.2) is 23.2 Å². The Balaban J connectivity index is 2.04. The smallest absolute Gasteiger partial charge is 0.252 e. The minimum Gasteiger partial charge on any atom is -0.393 e. The fourth-order valence-electron chi connectivity index (χ4n) is 2.74. The van der Waals surface area contributed by atoms with Gasteiger partial charge in [-0.1, -0.05) is 6.92 Å². The highest BCUT2D eigenvalue weighted by atomic mass is 32.1. The van der Waals surface area contributed by atoms with Gasteiger partial charge in [-0.15, -0.1) is 11.3 Å². The molecule has 0 fully saturated rings. The van der Waals surface area contributed by atoms with Crippen LogP contribution in [0.15, 0.2) is 5.38 Å². The van der Waals surface area contributed by atoms with E-state index < -0.39 is 0 Å². The van der Waals surface area contributed by atoms with Crippen molar-refractivity contribution in [3.63, 3.8) is 0 Å². The zero-order valence-electron chi connectivity index (χ0n) is 11.9. The fraction of sp³-hybridized carbons (Fsp3) is 0.667. The molecule has 1 aliphatic carbocycles. The number of aliphatic hydroxyl groups is 1. The summed E-state index contributed by atoms with van der Waals surface area (Å²) in [7, 11) is 0. The summed E-state index contributed by atoms with van der Waals surface area (Å²) >= 11 is 1.71. The number of amides is 1. The Labute approximate surface area is 119 Å². The number of hydrogen-bond donors (Lipinski definition) is 2. The third-order valence-electron chi connectivity index (χ3n) is 3.72. The van der Waals surface area contributed by atoms with Gasteiger partial charge in [0.25, 0.3) is 5.91 Å². The lowest BCUT2D eigenvalue weighted by molar-refractivity contribution is 0.0922. The molecule has 1 amide bonds. The second-order valence-electron chi connectivity index (χ2n) is 5.86. The Bertz CT molecular complexity index is 453. The van der Waals surface area contributed by atoms with Crippen molar-refractivity contribution in [3.05, 3.63) is 21.4 Å². The zero-order chi connectivity index (χ0) is 14.0. The van der Waals surface area contributed by atoms with Gasteiger partial charge in [-0.25, -0.2) is 0 Å². The van der Waals surface area contributed by atoms with Crippen molar-refractivity contribution < 1.29 is 9.90 Å². The molecule has 1 aliphatic rings. The van der Waals surface area contributed by atoms with E-state index in [0.717, 1.165) is 24.3 Å². The van der Waals surface area contributed by atoms with Gasteiger partial charge < -0.3 is 10.4 Å². The molecule has 0 bridgehead atoms. The predicted octanol–water partition coefficient (Wildman–Crippen LogP) is 2.76. The van der Waals surface area contributed by atoms with Crippen molar-refractivity contribution in [2.24, 2.45) is 5.92 Å². The van der Waals surface area contributed by atoms with E-state index in [4.69, 9.17) is 0 Å². The first-order valence-electron chi connectivity index (χ1n) is 7.05. The van der Waals surface area contributed by atoms with Crippen molar-refractivity contribution in [3.8, 4) is 0 Å². The first kappa shape index (κ1) is 14.5. The summed E-state index contributed by atoms with van der Waals surface area (Å²) in [6, 6.07) is 0.00515. The molecular formula is C15H23NO2S. The van der Waals surface area contributed by atoms with Gasteiger partial charge in [0.2, 0.25) is 0 Å². The third kappa shape index (κ3) is 3.57. The molecule has 3 nitrogen and oxygen atoms in total. The molecule has 0 saturated carbocycles. The van der Waals surface area contributed by atoms with Crippen LogP contribution in [-0.2, 0) is 12.8 Å². The van der Waals surface area contributed by atoms with Crippen molar-refractivity contribution in [1.29, 1.82) is 0 Å². The number of hydrogen-bond acceptors (Lipinski definition) is 3. The average molecular weight is 281 g/mol. The Hall–Kier alpha value is -0.870. The Morgan fingerprint density at radius 2 is 2.32 bits per heavy atom. The quantitative estimate of drug-likeness (QED) is 0.891. The van der Waals surface area contributed by atoms with E-state index in [1.165, 1.54) is 16.9 Å². The van der Waals surface area contributed by atoms with Crippen LogP contribution in [0.4, 0.5) is 0 Å². The molecule has 1 aromatic heterocycles. The highest BCUT2D eigenvalue weighted by Gasteiger charge is 2.23. The van der Waals surface area contributed by atoms with Crippen LogP contribution in [0.5, 0.6) is 0 Å². The molecule has 3 unspecified atom stereocenters. The van der Waals surface area contributed by atoms with Gasteiger partial charge in [0, 0.05) is 16.3 Å². The Morgan fingerprint density at radius 1 is 1.58 bits per heavy atom. The molecule has 4 heteroatoms. The monoisotopic (exact) mass is 281 g/mol. The number of rotatable bonds is 4. The molecule has 106 valence electrons. The van der Waals surface area contributed by atoms with Crippen LogP contribution in [0, 0.1) is 5.92 Å². The van der Waals surface area contributed by atoms with E-state index in [0.29, 0.717) is 6.42 Å². The summed E-state index contributed by atoms with van der Waals surface area (Å²) in [5, 5.41) is 14.3. The fourth-order valence-corrected chi connectivity index (χ4v) is 3.98. The second kappa shape index (κ2) is 6.06. The van der Waals surface area contributed by atoms with Gasteiger partial charge in [0.1, 0.15) is 0 Å². The van der Waals surface area contributed by atoms with Gasteiger partial charge in [-0.3, -0.25) is 4.79 Å². The van der Waals surface area contributed by atoms with Gasteiger partial charge in [-0.05, 0) is 51.0 Å². The molecule has 0 radical (unpaired) electrons. The standard InChI is InChI=1S/C15H23NO2S/c1-9-4-5-12-13(8-19-14(12)6-9)15(18)16-10(2)7-11(3)17/h8-11,17H,4-7H2,1-3H3,(H,16,18). The molecule has 2 N–H and O–H groups in total. The Morgan fingerprint density at radius 3 is 3.00 bits per heavy atom. The third-order valence-corrected chi connectivity index (χ3v) is 4.77. The average Bonchev–Trinajstić information content (AvgIpc) is 2.70. The van der Waals surface area contributed by atoms with Crippen LogP contribution in [0.1, 0.15) is 54.4 Å². The molecule has 0 spiro atoms. The first-order valence-corrected chi connectivity index (χ1v) is 7.93. The summed E-state index contributed by atoms with van der Waals surface area (Å²) < 4.78 is 0. The molecule has 3 atom stereocenters. The summed E-state index contributed by atoms with van der Waals surface area (Å²) in [6.45, 7) is 5.95. The van der Waals surface area contributed by atoms with Crippen LogP contribution in [0.25, 0.3) is 0 Å². The number of fused-ring (bicyclic) bond motifs is 1. The summed E-state index contributed by atoms with van der Waals surface area (Å²) in [5.41, 5.74) is 2.11. The van der Waals surface area contributed by atoms with Crippen molar-refractivity contribution >= 4 is 17.2 Å². The van der Waals surface area contributed by atoms with E-state index >= 15 is 0 Å². The molecule has 1 aromatic rings. The van der Waals surface area contributed by atoms with E-state index in [9.17, 15) is 9.90 Å². The lowest BCUT2D eigenvalue weighted by atomic mass is 9.88. The molecule has 0 saturated heterocycles. The lowest BCUT2D eigenvalue weighted by Gasteiger charge is -2.20. The normalized spacial score (nSPS) is 21.6. The topological polar surface area (TPSA) is 49.3 Å². The highest BCUT2D eigenvalue weighted by molar-refractivity contribution is 7.10. The van der Waals surface area contributed by atoms with Gasteiger partial charge in [0.15, 0.2) is 0 Å². The molecular weight excluding hydrogens is 258 g/mol. The number of carbonyl (C=O) groups is 1. The van der Waals surface area contributed by atoms with E-state index in [2.05, 4.69) is 12.2 Å². The van der Waals surface area contributed by atoms with Crippen molar-refractivity contribution in [1.82, 2.24) is 5.32 Å². The number of aliphatic hydroxyl groups excluding tert-OH is 1. The van der Waals surface area contributed by atoms with Crippen LogP contribution in [0.2, 0.25) is 0 Å². The summed E-state index contributed by atoms with van der Waals surface area (Å²) in [5.74, 6) is 0.747. The minimum absolute atomic E-state index is 0.00515. The van der Waals surface area contributed by atoms with Crippen molar-refractivity contribution in [2.75, 3.05) is 0 Å². The largest absolute Gasteiger partial charge is 0.393 e. The van der Waals surface area contributed by atoms with Gasteiger partial charge in [-0.2, -0.15) is 0 Å². The lowest BCUT2D eigenvalue weighted by Crippen LogP contribution is -2.35. The van der Waals surface area contributed by atoms with Crippen LogP contribution < -0.4 is 5.32 Å². The molecule has 0 aromatic carbocycles. The van der Waals surface area contributed by atoms with Crippen LogP contribution in [0.3, 0.4) is 0 Å². The first-order chi connectivity index (χ1) is 8.97. The van der Waals surface area contributed by atoms with Crippen LogP contribution >= 0.6 is 11.3 Å². The minimum atomic E-state index is -0.382. The van der Waals surface area contributed by atoms with E-state index in [1.807, 2.05) is 12.3 Å². The molecule has 0 aliphatic heterocycles. The summed E-state index contributed by atoms with van der Waals surface area (Å²) in [6.07, 6.45) is 3.51. The van der Waals surface area contributed by atoms with E-state index in [-0.39, 0.29) is 18.1 Å². The molecule has 2 rings (SSSR count). The van der Waals surface area contributed by atoms with Gasteiger partial charge >= 0.3 is 0 Å². The predicted molar refractivity (Wildman–Crippen MR) is 78.7 cm³/mol. The zero-order valence-corrected chi connectivity index (χ0v) is 12.7. The number of carbonyl (C=O) groups excluding carboxylic acids is 1. The van der Waals surface area contributed by atoms with Crippen molar-refractivity contribution in [2.45, 2.75) is 58.6 Å². The molecule has 19 heavy (non-hydrogen) atoms. The van der Waals surface area contributed by atoms with Gasteiger partial charge in [0.05, 0.1) is 11.7 Å². The number of thiophene rings is 1. The van der Waals surface area contributed by atoms with E-state index in [1.54, 1.807) is 18.3 Å². The molecule has 1 heterocycles. The summed E-state index contributed by atoms with van der Waals surface area (Å²) in [4.78, 5) is 13.6. The highest BCUT2D eigenvalue weighted by Crippen LogP contribution is 2.32. The second-order valence-corrected chi connectivity index (χ2v) is 6.82. The SMILES string of the molecule is CC(O)CC(C)NC(=O)c1csc2c1CCC(C)C2. The number of nitrogens with one attached hydrogen (secondary N) is 1. The maximum atomic E-state index is 12.3. The maximum Gasteiger partial charge on any atom is 0.252 e.